The zero-order valence-corrected chi connectivity index (χ0v) is 14.3. The van der Waals surface area contributed by atoms with E-state index in [4.69, 9.17) is 0 Å². The Balaban J connectivity index is 2.23. The van der Waals surface area contributed by atoms with Crippen LogP contribution < -0.4 is 0 Å². The maximum absolute atomic E-state index is 12.5. The number of allylic oxidation sites excluding steroid dienone is 1. The number of benzene rings is 2. The molecule has 2 aromatic rings. The van der Waals surface area contributed by atoms with Gasteiger partial charge in [-0.3, -0.25) is 4.79 Å². The van der Waals surface area contributed by atoms with Crippen LogP contribution in [0.4, 0.5) is 0 Å². The third kappa shape index (κ3) is 4.65. The van der Waals surface area contributed by atoms with Crippen molar-refractivity contribution in [3.05, 3.63) is 76.4 Å². The first kappa shape index (κ1) is 18.2. The summed E-state index contributed by atoms with van der Waals surface area (Å²) in [5, 5.41) is 9.33. The third-order valence-electron chi connectivity index (χ3n) is 3.76. The predicted molar refractivity (Wildman–Crippen MR) is 96.1 cm³/mol. The molecular weight excluding hydrogens is 314 g/mol. The Labute approximate surface area is 147 Å². The summed E-state index contributed by atoms with van der Waals surface area (Å²) in [4.78, 5) is 23.9. The summed E-state index contributed by atoms with van der Waals surface area (Å²) < 4.78 is 4.64. The van der Waals surface area contributed by atoms with Gasteiger partial charge >= 0.3 is 5.97 Å². The summed E-state index contributed by atoms with van der Waals surface area (Å²) >= 11 is 0. The first-order valence-corrected chi connectivity index (χ1v) is 8.02. The van der Waals surface area contributed by atoms with E-state index in [1.165, 1.54) is 18.7 Å². The number of ether oxygens (including phenoxy) is 1. The van der Waals surface area contributed by atoms with Crippen LogP contribution in [0.5, 0.6) is 0 Å². The predicted octanol–water partition coefficient (Wildman–Crippen LogP) is 4.22. The summed E-state index contributed by atoms with van der Waals surface area (Å²) in [6.45, 7) is 2.10. The topological polar surface area (TPSA) is 67.2 Å². The molecule has 2 aromatic carbocycles. The van der Waals surface area contributed by atoms with Gasteiger partial charge in [0.15, 0.2) is 0 Å². The molecule has 0 aliphatic heterocycles. The van der Waals surface area contributed by atoms with Gasteiger partial charge in [-0.25, -0.2) is 4.79 Å². The van der Waals surface area contributed by atoms with E-state index < -0.39 is 5.97 Å². The normalized spacial score (nSPS) is 10.8. The van der Waals surface area contributed by atoms with Gasteiger partial charge in [-0.1, -0.05) is 49.7 Å². The maximum Gasteiger partial charge on any atom is 0.337 e. The van der Waals surface area contributed by atoms with Gasteiger partial charge in [-0.15, -0.1) is 0 Å². The zero-order chi connectivity index (χ0) is 18.2. The molecule has 0 saturated carbocycles. The number of aryl methyl sites for hydroxylation is 1. The van der Waals surface area contributed by atoms with Gasteiger partial charge in [0.25, 0.3) is 0 Å². The average Bonchev–Trinajstić information content (AvgIpc) is 2.66. The van der Waals surface area contributed by atoms with Crippen LogP contribution in [0, 0.1) is 11.3 Å². The molecule has 0 saturated heterocycles. The Kier molecular flexibility index (Phi) is 6.25. The van der Waals surface area contributed by atoms with E-state index in [9.17, 15) is 14.9 Å². The second-order valence-electron chi connectivity index (χ2n) is 5.56. The fourth-order valence-corrected chi connectivity index (χ4v) is 2.42. The molecule has 0 N–H and O–H groups in total. The van der Waals surface area contributed by atoms with Crippen LogP contribution in [0.15, 0.2) is 54.1 Å². The van der Waals surface area contributed by atoms with Crippen LogP contribution in [-0.4, -0.2) is 18.9 Å². The molecule has 2 rings (SSSR count). The quantitative estimate of drug-likeness (QED) is 0.344. The Morgan fingerprint density at radius 2 is 1.64 bits per heavy atom. The van der Waals surface area contributed by atoms with E-state index in [1.54, 1.807) is 36.4 Å². The highest BCUT2D eigenvalue weighted by atomic mass is 16.5. The van der Waals surface area contributed by atoms with Crippen LogP contribution in [0.25, 0.3) is 6.08 Å². The lowest BCUT2D eigenvalue weighted by atomic mass is 9.99. The van der Waals surface area contributed by atoms with E-state index in [0.29, 0.717) is 16.7 Å². The Morgan fingerprint density at radius 1 is 1.04 bits per heavy atom. The number of nitrogens with zero attached hydrogens (tertiary/aromatic N) is 1. The number of carbonyl (C=O) groups is 2. The van der Waals surface area contributed by atoms with E-state index in [0.717, 1.165) is 12.8 Å². The molecule has 0 aromatic heterocycles. The second-order valence-corrected chi connectivity index (χ2v) is 5.56. The molecule has 0 unspecified atom stereocenters. The van der Waals surface area contributed by atoms with Crippen LogP contribution >= 0.6 is 0 Å². The van der Waals surface area contributed by atoms with Crippen LogP contribution in [0.2, 0.25) is 0 Å². The molecular formula is C21H19NO3. The minimum Gasteiger partial charge on any atom is -0.465 e. The van der Waals surface area contributed by atoms with Crippen molar-refractivity contribution in [3.63, 3.8) is 0 Å². The molecule has 0 aliphatic rings. The SMILES string of the molecule is CCCc1ccc(C(=O)/C(C#N)=C/c2ccc(C(=O)OC)cc2)cc1. The number of methoxy groups -OCH3 is 1. The highest BCUT2D eigenvalue weighted by molar-refractivity contribution is 6.14. The van der Waals surface area contributed by atoms with Crippen LogP contribution in [-0.2, 0) is 11.2 Å². The molecule has 4 heteroatoms. The molecule has 4 nitrogen and oxygen atoms in total. The Morgan fingerprint density at radius 3 is 2.16 bits per heavy atom. The largest absolute Gasteiger partial charge is 0.465 e. The molecule has 126 valence electrons. The van der Waals surface area contributed by atoms with Gasteiger partial charge in [-0.05, 0) is 35.8 Å². The van der Waals surface area contributed by atoms with Crippen molar-refractivity contribution < 1.29 is 14.3 Å². The number of carbonyl (C=O) groups excluding carboxylic acids is 2. The number of hydrogen-bond donors (Lipinski definition) is 0. The molecule has 0 spiro atoms. The summed E-state index contributed by atoms with van der Waals surface area (Å²) in [5.74, 6) is -0.748. The summed E-state index contributed by atoms with van der Waals surface area (Å²) in [6, 6.07) is 15.8. The van der Waals surface area contributed by atoms with Crippen molar-refractivity contribution in [1.82, 2.24) is 0 Å². The van der Waals surface area contributed by atoms with Gasteiger partial charge in [0, 0.05) is 5.56 Å². The van der Waals surface area contributed by atoms with Crippen molar-refractivity contribution >= 4 is 17.8 Å². The van der Waals surface area contributed by atoms with E-state index in [-0.39, 0.29) is 11.4 Å². The van der Waals surface area contributed by atoms with Crippen molar-refractivity contribution in [1.29, 1.82) is 5.26 Å². The molecule has 0 radical (unpaired) electrons. The molecule has 0 amide bonds. The monoisotopic (exact) mass is 333 g/mol. The van der Waals surface area contributed by atoms with E-state index in [1.807, 2.05) is 18.2 Å². The minimum atomic E-state index is -0.431. The van der Waals surface area contributed by atoms with Gasteiger partial charge < -0.3 is 4.74 Å². The minimum absolute atomic E-state index is 0.0501. The van der Waals surface area contributed by atoms with E-state index >= 15 is 0 Å². The second kappa shape index (κ2) is 8.60. The number of rotatable bonds is 6. The highest BCUT2D eigenvalue weighted by Gasteiger charge is 2.12. The zero-order valence-electron chi connectivity index (χ0n) is 14.3. The number of ketones is 1. The van der Waals surface area contributed by atoms with Crippen molar-refractivity contribution in [2.24, 2.45) is 0 Å². The van der Waals surface area contributed by atoms with Crippen molar-refractivity contribution in [2.45, 2.75) is 19.8 Å². The summed E-state index contributed by atoms with van der Waals surface area (Å²) in [6.07, 6.45) is 3.52. The van der Waals surface area contributed by atoms with Crippen molar-refractivity contribution in [2.75, 3.05) is 7.11 Å². The fourth-order valence-electron chi connectivity index (χ4n) is 2.42. The molecule has 0 heterocycles. The standard InChI is InChI=1S/C21H19NO3/c1-3-4-15-5-9-17(10-6-15)20(23)19(14-22)13-16-7-11-18(12-8-16)21(24)25-2/h5-13H,3-4H2,1-2H3/b19-13+. The lowest BCUT2D eigenvalue weighted by Gasteiger charge is -2.03. The molecule has 0 bridgehead atoms. The lowest BCUT2D eigenvalue weighted by Crippen LogP contribution is -2.02. The van der Waals surface area contributed by atoms with Crippen LogP contribution in [0.1, 0.15) is 45.2 Å². The van der Waals surface area contributed by atoms with Gasteiger partial charge in [-0.2, -0.15) is 5.26 Å². The third-order valence-corrected chi connectivity index (χ3v) is 3.76. The molecule has 0 atom stereocenters. The smallest absolute Gasteiger partial charge is 0.337 e. The lowest BCUT2D eigenvalue weighted by molar-refractivity contribution is 0.0600. The average molecular weight is 333 g/mol. The maximum atomic E-state index is 12.5. The summed E-state index contributed by atoms with van der Waals surface area (Å²) in [5.41, 5.74) is 2.78. The Bertz CT molecular complexity index is 825. The number of nitriles is 1. The van der Waals surface area contributed by atoms with Crippen molar-refractivity contribution in [3.8, 4) is 6.07 Å². The molecule has 0 fully saturated rings. The first-order valence-electron chi connectivity index (χ1n) is 8.02. The number of hydrogen-bond acceptors (Lipinski definition) is 4. The Hall–Kier alpha value is -3.19. The van der Waals surface area contributed by atoms with Gasteiger partial charge in [0.05, 0.1) is 12.7 Å². The molecule has 25 heavy (non-hydrogen) atoms. The first-order chi connectivity index (χ1) is 12.1. The van der Waals surface area contributed by atoms with E-state index in [2.05, 4.69) is 11.7 Å². The fraction of sp³-hybridized carbons (Fsp3) is 0.190. The molecule has 0 aliphatic carbocycles. The van der Waals surface area contributed by atoms with Gasteiger partial charge in [0.1, 0.15) is 11.6 Å². The summed E-state index contributed by atoms with van der Waals surface area (Å²) in [7, 11) is 1.31. The number of esters is 1. The van der Waals surface area contributed by atoms with Gasteiger partial charge in [0.2, 0.25) is 5.78 Å². The highest BCUT2D eigenvalue weighted by Crippen LogP contribution is 2.15. The number of Topliss-reactive ketones (excluding diaryl/α,β-unsaturated/α-hetero) is 1. The van der Waals surface area contributed by atoms with Crippen LogP contribution in [0.3, 0.4) is 0 Å².